The first kappa shape index (κ1) is 9.84. The van der Waals surface area contributed by atoms with E-state index in [1.165, 1.54) is 0 Å². The second kappa shape index (κ2) is 3.59. The lowest BCUT2D eigenvalue weighted by Crippen LogP contribution is -2.37. The third-order valence-electron chi connectivity index (χ3n) is 3.43. The highest BCUT2D eigenvalue weighted by Gasteiger charge is 2.44. The maximum atomic E-state index is 11.6. The Morgan fingerprint density at radius 2 is 2.62 bits per heavy atom. The molecule has 1 N–H and O–H groups in total. The highest BCUT2D eigenvalue weighted by atomic mass is 16.5. The first-order valence-electron chi connectivity index (χ1n) is 5.73. The molecule has 1 saturated heterocycles. The van der Waals surface area contributed by atoms with Gasteiger partial charge < -0.3 is 9.30 Å². The fraction of sp³-hybridized carbons (Fsp3) is 0.636. The van der Waals surface area contributed by atoms with Crippen molar-refractivity contribution in [1.29, 1.82) is 0 Å². The number of imidazole rings is 1. The van der Waals surface area contributed by atoms with E-state index in [4.69, 9.17) is 4.74 Å². The maximum Gasteiger partial charge on any atom is 0.323 e. The summed E-state index contributed by atoms with van der Waals surface area (Å²) < 4.78 is 7.19. The third-order valence-corrected chi connectivity index (χ3v) is 3.43. The maximum absolute atomic E-state index is 11.6. The molecule has 0 aliphatic carbocycles. The molecule has 0 spiro atoms. The second-order valence-electron chi connectivity index (χ2n) is 4.36. The average molecular weight is 221 g/mol. The summed E-state index contributed by atoms with van der Waals surface area (Å²) in [7, 11) is 0. The molecule has 0 radical (unpaired) electrons. The summed E-state index contributed by atoms with van der Waals surface area (Å²) in [6.07, 6.45) is 4.62. The van der Waals surface area contributed by atoms with Gasteiger partial charge >= 0.3 is 5.97 Å². The zero-order chi connectivity index (χ0) is 11.1. The van der Waals surface area contributed by atoms with E-state index in [1.54, 1.807) is 0 Å². The summed E-state index contributed by atoms with van der Waals surface area (Å²) in [5.74, 6) is 1.34. The zero-order valence-electron chi connectivity index (χ0n) is 9.22. The number of rotatable bonds is 2. The number of carbonyl (C=O) groups excluding carboxylic acids is 1. The molecule has 0 bridgehead atoms. The van der Waals surface area contributed by atoms with Crippen molar-refractivity contribution >= 4 is 5.97 Å². The van der Waals surface area contributed by atoms with Crippen LogP contribution in [0.3, 0.4) is 0 Å². The quantitative estimate of drug-likeness (QED) is 0.728. The van der Waals surface area contributed by atoms with Crippen LogP contribution in [0.25, 0.3) is 0 Å². The van der Waals surface area contributed by atoms with Gasteiger partial charge in [-0.1, -0.05) is 0 Å². The third kappa shape index (κ3) is 1.35. The van der Waals surface area contributed by atoms with Crippen LogP contribution in [0, 0.1) is 0 Å². The molecule has 2 aliphatic heterocycles. The fourth-order valence-electron chi connectivity index (χ4n) is 2.75. The lowest BCUT2D eigenvalue weighted by Gasteiger charge is -2.11. The van der Waals surface area contributed by atoms with E-state index in [2.05, 4.69) is 14.9 Å². The number of nitrogens with one attached hydrogen (secondary N) is 1. The van der Waals surface area contributed by atoms with Crippen LogP contribution in [0.15, 0.2) is 12.4 Å². The molecule has 3 atom stereocenters. The molecule has 3 heterocycles. The van der Waals surface area contributed by atoms with E-state index < -0.39 is 0 Å². The second-order valence-corrected chi connectivity index (χ2v) is 4.36. The van der Waals surface area contributed by atoms with Crippen molar-refractivity contribution < 1.29 is 9.53 Å². The number of hydrogen-bond acceptors (Lipinski definition) is 4. The molecule has 2 aliphatic rings. The fourth-order valence-corrected chi connectivity index (χ4v) is 2.75. The van der Waals surface area contributed by atoms with Crippen molar-refractivity contribution in [1.82, 2.24) is 14.9 Å². The Bertz CT molecular complexity index is 415. The van der Waals surface area contributed by atoms with E-state index in [-0.39, 0.29) is 12.0 Å². The predicted molar refractivity (Wildman–Crippen MR) is 56.9 cm³/mol. The number of ether oxygens (including phenoxy) is 1. The molecule has 3 rings (SSSR count). The van der Waals surface area contributed by atoms with Gasteiger partial charge in [-0.15, -0.1) is 0 Å². The molecule has 3 unspecified atom stereocenters. The summed E-state index contributed by atoms with van der Waals surface area (Å²) >= 11 is 0. The van der Waals surface area contributed by atoms with Crippen molar-refractivity contribution in [2.75, 3.05) is 6.61 Å². The molecular formula is C11H15N3O2. The monoisotopic (exact) mass is 221 g/mol. The molecule has 1 fully saturated rings. The van der Waals surface area contributed by atoms with Gasteiger partial charge in [0.2, 0.25) is 0 Å². The van der Waals surface area contributed by atoms with E-state index in [0.29, 0.717) is 18.6 Å². The highest BCUT2D eigenvalue weighted by Crippen LogP contribution is 2.36. The Balaban J connectivity index is 1.74. The number of nitrogens with zero attached hydrogens (tertiary/aromatic N) is 2. The van der Waals surface area contributed by atoms with Crippen molar-refractivity contribution in [2.45, 2.75) is 37.9 Å². The van der Waals surface area contributed by atoms with Crippen LogP contribution in [-0.2, 0) is 16.1 Å². The molecule has 0 aromatic carbocycles. The van der Waals surface area contributed by atoms with Gasteiger partial charge in [-0.3, -0.25) is 10.1 Å². The summed E-state index contributed by atoms with van der Waals surface area (Å²) in [6.45, 7) is 3.19. The molecule has 16 heavy (non-hydrogen) atoms. The van der Waals surface area contributed by atoms with Gasteiger partial charge in [0.05, 0.1) is 6.61 Å². The van der Waals surface area contributed by atoms with Crippen LogP contribution in [0.1, 0.15) is 25.1 Å². The van der Waals surface area contributed by atoms with Crippen LogP contribution in [-0.4, -0.2) is 34.2 Å². The molecule has 86 valence electrons. The highest BCUT2D eigenvalue weighted by molar-refractivity contribution is 5.76. The van der Waals surface area contributed by atoms with Gasteiger partial charge in [0.1, 0.15) is 11.9 Å². The van der Waals surface area contributed by atoms with Gasteiger partial charge in [-0.2, -0.15) is 0 Å². The summed E-state index contributed by atoms with van der Waals surface area (Å²) in [4.78, 5) is 16.0. The van der Waals surface area contributed by atoms with Crippen LogP contribution in [0.5, 0.6) is 0 Å². The Morgan fingerprint density at radius 3 is 3.44 bits per heavy atom. The molecule has 0 amide bonds. The van der Waals surface area contributed by atoms with E-state index in [9.17, 15) is 4.79 Å². The number of fused-ring (bicyclic) bond motifs is 3. The molecule has 5 heteroatoms. The minimum absolute atomic E-state index is 0.130. The topological polar surface area (TPSA) is 56.1 Å². The van der Waals surface area contributed by atoms with Crippen molar-refractivity contribution in [3.05, 3.63) is 18.2 Å². The molecule has 1 aromatic heterocycles. The Morgan fingerprint density at radius 1 is 1.75 bits per heavy atom. The van der Waals surface area contributed by atoms with Crippen LogP contribution in [0.4, 0.5) is 0 Å². The molecular weight excluding hydrogens is 206 g/mol. The van der Waals surface area contributed by atoms with Crippen LogP contribution >= 0.6 is 0 Å². The lowest BCUT2D eigenvalue weighted by molar-refractivity contribution is -0.145. The predicted octanol–water partition coefficient (Wildman–Crippen LogP) is 0.274. The standard InChI is InChI=1S/C11H15N3O2/c1-2-16-11(15)8-5-7-9(13-8)6-14-4-3-12-10(7)14/h3-4,7-9,13H,2,5-6H2,1H3. The normalized spacial score (nSPS) is 31.2. The lowest BCUT2D eigenvalue weighted by atomic mass is 10.0. The van der Waals surface area contributed by atoms with Crippen molar-refractivity contribution in [2.24, 2.45) is 0 Å². The molecule has 1 aromatic rings. The summed E-state index contributed by atoms with van der Waals surface area (Å²) in [5, 5.41) is 3.34. The van der Waals surface area contributed by atoms with Gasteiger partial charge in [0, 0.05) is 30.9 Å². The van der Waals surface area contributed by atoms with Crippen LogP contribution < -0.4 is 5.32 Å². The number of esters is 1. The first-order valence-corrected chi connectivity index (χ1v) is 5.73. The van der Waals surface area contributed by atoms with Gasteiger partial charge in [0.25, 0.3) is 0 Å². The molecule has 0 saturated carbocycles. The largest absolute Gasteiger partial charge is 0.465 e. The minimum atomic E-state index is -0.152. The Kier molecular flexibility index (Phi) is 2.21. The van der Waals surface area contributed by atoms with E-state index in [0.717, 1.165) is 18.8 Å². The number of hydrogen-bond donors (Lipinski definition) is 1. The van der Waals surface area contributed by atoms with Gasteiger partial charge in [-0.05, 0) is 13.3 Å². The molecule has 5 nitrogen and oxygen atoms in total. The van der Waals surface area contributed by atoms with Crippen molar-refractivity contribution in [3.8, 4) is 0 Å². The average Bonchev–Trinajstić information content (AvgIpc) is 2.87. The van der Waals surface area contributed by atoms with Gasteiger partial charge in [-0.25, -0.2) is 4.98 Å². The van der Waals surface area contributed by atoms with Crippen molar-refractivity contribution in [3.63, 3.8) is 0 Å². The Hall–Kier alpha value is -1.36. The van der Waals surface area contributed by atoms with E-state index in [1.807, 2.05) is 19.3 Å². The van der Waals surface area contributed by atoms with E-state index >= 15 is 0 Å². The smallest absolute Gasteiger partial charge is 0.323 e. The SMILES string of the molecule is CCOC(=O)C1CC2c3nccn3CC2N1. The summed E-state index contributed by atoms with van der Waals surface area (Å²) in [6, 6.07) is 0.193. The summed E-state index contributed by atoms with van der Waals surface area (Å²) in [5.41, 5.74) is 0. The number of aromatic nitrogens is 2. The first-order chi connectivity index (χ1) is 7.79. The van der Waals surface area contributed by atoms with Crippen LogP contribution in [0.2, 0.25) is 0 Å². The number of carbonyl (C=O) groups is 1. The Labute approximate surface area is 93.8 Å². The zero-order valence-corrected chi connectivity index (χ0v) is 9.22. The van der Waals surface area contributed by atoms with Gasteiger partial charge in [0.15, 0.2) is 0 Å². The minimum Gasteiger partial charge on any atom is -0.465 e.